The number of Topliss-reactive ketones (excluding diaryl/α,β-unsaturated/α-hetero) is 1. The Hall–Kier alpha value is -1.83. The van der Waals surface area contributed by atoms with E-state index in [1.54, 1.807) is 18.4 Å². The Morgan fingerprint density at radius 3 is 2.89 bits per heavy atom. The van der Waals surface area contributed by atoms with Crippen LogP contribution in [0, 0.1) is 11.8 Å². The maximum Gasteiger partial charge on any atom is 0.201 e. The molecule has 0 amide bonds. The van der Waals surface area contributed by atoms with Crippen molar-refractivity contribution in [3.63, 3.8) is 0 Å². The Balaban J connectivity index is 1.67. The number of benzene rings is 1. The molecule has 2 aliphatic rings. The SMILES string of the molecule is O=C(c1ccco1)C1C2CCc3ccccc3C21. The minimum absolute atomic E-state index is 0.153. The first-order valence-electron chi connectivity index (χ1n) is 6.52. The van der Waals surface area contributed by atoms with E-state index in [9.17, 15) is 4.79 Å². The topological polar surface area (TPSA) is 30.2 Å². The van der Waals surface area contributed by atoms with Crippen LogP contribution in [0.15, 0.2) is 47.1 Å². The zero-order chi connectivity index (χ0) is 12.1. The number of rotatable bonds is 2. The largest absolute Gasteiger partial charge is 0.461 e. The van der Waals surface area contributed by atoms with Gasteiger partial charge in [0.2, 0.25) is 5.78 Å². The summed E-state index contributed by atoms with van der Waals surface area (Å²) in [6.07, 6.45) is 3.82. The summed E-state index contributed by atoms with van der Waals surface area (Å²) < 4.78 is 5.24. The fraction of sp³-hybridized carbons (Fsp3) is 0.312. The number of furan rings is 1. The van der Waals surface area contributed by atoms with Crippen LogP contribution >= 0.6 is 0 Å². The van der Waals surface area contributed by atoms with Gasteiger partial charge in [-0.2, -0.15) is 0 Å². The molecule has 0 bridgehead atoms. The summed E-state index contributed by atoms with van der Waals surface area (Å²) >= 11 is 0. The predicted octanol–water partition coefficient (Wildman–Crippen LogP) is 3.44. The van der Waals surface area contributed by atoms with Crippen molar-refractivity contribution in [2.45, 2.75) is 18.8 Å². The Morgan fingerprint density at radius 2 is 2.06 bits per heavy atom. The Kier molecular flexibility index (Phi) is 2.01. The zero-order valence-electron chi connectivity index (χ0n) is 10.0. The molecule has 2 aromatic rings. The van der Waals surface area contributed by atoms with Gasteiger partial charge in [0.05, 0.1) is 6.26 Å². The third kappa shape index (κ3) is 1.32. The van der Waals surface area contributed by atoms with Crippen LogP contribution in [0.1, 0.15) is 34.0 Å². The van der Waals surface area contributed by atoms with E-state index < -0.39 is 0 Å². The molecule has 1 saturated carbocycles. The molecule has 4 rings (SSSR count). The highest BCUT2D eigenvalue weighted by molar-refractivity contribution is 5.98. The molecular weight excluding hydrogens is 224 g/mol. The Morgan fingerprint density at radius 1 is 1.17 bits per heavy atom. The molecule has 90 valence electrons. The number of hydrogen-bond donors (Lipinski definition) is 0. The lowest BCUT2D eigenvalue weighted by molar-refractivity contribution is 0.0931. The van der Waals surface area contributed by atoms with Crippen LogP contribution in [-0.2, 0) is 6.42 Å². The summed E-state index contributed by atoms with van der Waals surface area (Å²) in [6, 6.07) is 12.1. The van der Waals surface area contributed by atoms with Crippen LogP contribution in [0.2, 0.25) is 0 Å². The van der Waals surface area contributed by atoms with E-state index in [-0.39, 0.29) is 11.7 Å². The molecule has 1 aromatic carbocycles. The summed E-state index contributed by atoms with van der Waals surface area (Å²) in [4.78, 5) is 12.4. The third-order valence-corrected chi connectivity index (χ3v) is 4.40. The van der Waals surface area contributed by atoms with Gasteiger partial charge >= 0.3 is 0 Å². The Bertz CT molecular complexity index is 597. The highest BCUT2D eigenvalue weighted by Gasteiger charge is 2.57. The van der Waals surface area contributed by atoms with Crippen LogP contribution in [0.3, 0.4) is 0 Å². The molecule has 2 aliphatic carbocycles. The summed E-state index contributed by atoms with van der Waals surface area (Å²) in [5, 5.41) is 0. The normalized spacial score (nSPS) is 28.3. The molecule has 3 unspecified atom stereocenters. The summed E-state index contributed by atoms with van der Waals surface area (Å²) in [5.74, 6) is 1.84. The lowest BCUT2D eigenvalue weighted by Gasteiger charge is -2.13. The van der Waals surface area contributed by atoms with Gasteiger partial charge in [0, 0.05) is 5.92 Å². The molecule has 1 aromatic heterocycles. The van der Waals surface area contributed by atoms with Crippen LogP contribution < -0.4 is 0 Å². The van der Waals surface area contributed by atoms with Crippen LogP contribution in [0.4, 0.5) is 0 Å². The second-order valence-corrected chi connectivity index (χ2v) is 5.29. The summed E-state index contributed by atoms with van der Waals surface area (Å²) in [7, 11) is 0. The van der Waals surface area contributed by atoms with Crippen molar-refractivity contribution in [2.75, 3.05) is 0 Å². The molecule has 0 saturated heterocycles. The highest BCUT2D eigenvalue weighted by atomic mass is 16.3. The van der Waals surface area contributed by atoms with Crippen molar-refractivity contribution in [3.05, 3.63) is 59.5 Å². The first kappa shape index (κ1) is 10.1. The van der Waals surface area contributed by atoms with Crippen LogP contribution in [0.5, 0.6) is 0 Å². The molecule has 3 atom stereocenters. The average molecular weight is 238 g/mol. The van der Waals surface area contributed by atoms with Gasteiger partial charge in [0.1, 0.15) is 0 Å². The molecule has 1 fully saturated rings. The van der Waals surface area contributed by atoms with Crippen molar-refractivity contribution < 1.29 is 9.21 Å². The molecular formula is C16H14O2. The second-order valence-electron chi connectivity index (χ2n) is 5.29. The average Bonchev–Trinajstić information content (AvgIpc) is 2.89. The van der Waals surface area contributed by atoms with Crippen molar-refractivity contribution in [2.24, 2.45) is 11.8 Å². The number of carbonyl (C=O) groups is 1. The van der Waals surface area contributed by atoms with Gasteiger partial charge in [0.25, 0.3) is 0 Å². The van der Waals surface area contributed by atoms with Gasteiger partial charge in [-0.25, -0.2) is 0 Å². The monoisotopic (exact) mass is 238 g/mol. The molecule has 2 heteroatoms. The van der Waals surface area contributed by atoms with Crippen LogP contribution in [-0.4, -0.2) is 5.78 Å². The standard InChI is InChI=1S/C16H14O2/c17-16(13-6-3-9-18-13)15-12-8-7-10-4-1-2-5-11(10)14(12)15/h1-6,9,12,14-15H,7-8H2. The van der Waals surface area contributed by atoms with E-state index in [0.717, 1.165) is 12.8 Å². The van der Waals surface area contributed by atoms with Crippen molar-refractivity contribution in [3.8, 4) is 0 Å². The minimum Gasteiger partial charge on any atom is -0.461 e. The predicted molar refractivity (Wildman–Crippen MR) is 67.5 cm³/mol. The van der Waals surface area contributed by atoms with Gasteiger partial charge in [0.15, 0.2) is 5.76 Å². The fourth-order valence-corrected chi connectivity index (χ4v) is 3.51. The van der Waals surface area contributed by atoms with Crippen molar-refractivity contribution >= 4 is 5.78 Å². The number of aryl methyl sites for hydroxylation is 1. The van der Waals surface area contributed by atoms with E-state index in [1.165, 1.54) is 11.1 Å². The second kappa shape index (κ2) is 3.58. The molecule has 18 heavy (non-hydrogen) atoms. The molecule has 0 N–H and O–H groups in total. The maximum atomic E-state index is 12.4. The highest BCUT2D eigenvalue weighted by Crippen LogP contribution is 2.60. The van der Waals surface area contributed by atoms with Gasteiger partial charge in [-0.05, 0) is 47.9 Å². The van der Waals surface area contributed by atoms with Gasteiger partial charge in [-0.1, -0.05) is 24.3 Å². The number of ketones is 1. The van der Waals surface area contributed by atoms with E-state index in [0.29, 0.717) is 17.6 Å². The molecule has 0 spiro atoms. The smallest absolute Gasteiger partial charge is 0.201 e. The molecule has 1 heterocycles. The first-order valence-corrected chi connectivity index (χ1v) is 6.52. The summed E-state index contributed by atoms with van der Waals surface area (Å²) in [6.45, 7) is 0. The third-order valence-electron chi connectivity index (χ3n) is 4.40. The lowest BCUT2D eigenvalue weighted by Crippen LogP contribution is -2.02. The van der Waals surface area contributed by atoms with E-state index in [2.05, 4.69) is 24.3 Å². The van der Waals surface area contributed by atoms with E-state index in [4.69, 9.17) is 4.42 Å². The number of hydrogen-bond acceptors (Lipinski definition) is 2. The molecule has 2 nitrogen and oxygen atoms in total. The van der Waals surface area contributed by atoms with E-state index >= 15 is 0 Å². The van der Waals surface area contributed by atoms with Crippen molar-refractivity contribution in [1.29, 1.82) is 0 Å². The molecule has 0 aliphatic heterocycles. The number of carbonyl (C=O) groups excluding carboxylic acids is 1. The van der Waals surface area contributed by atoms with Crippen LogP contribution in [0.25, 0.3) is 0 Å². The summed E-state index contributed by atoms with van der Waals surface area (Å²) in [5.41, 5.74) is 2.81. The van der Waals surface area contributed by atoms with Gasteiger partial charge < -0.3 is 4.42 Å². The lowest BCUT2D eigenvalue weighted by atomic mass is 9.92. The van der Waals surface area contributed by atoms with Crippen molar-refractivity contribution in [1.82, 2.24) is 0 Å². The van der Waals surface area contributed by atoms with Gasteiger partial charge in [-0.15, -0.1) is 0 Å². The fourth-order valence-electron chi connectivity index (χ4n) is 3.51. The first-order chi connectivity index (χ1) is 8.86. The maximum absolute atomic E-state index is 12.4. The molecule has 0 radical (unpaired) electrons. The zero-order valence-corrected chi connectivity index (χ0v) is 10.0. The number of fused-ring (bicyclic) bond motifs is 3. The quantitative estimate of drug-likeness (QED) is 0.750. The Labute approximate surface area is 106 Å². The minimum atomic E-state index is 0.153. The van der Waals surface area contributed by atoms with E-state index in [1.807, 2.05) is 0 Å². The van der Waals surface area contributed by atoms with Gasteiger partial charge in [-0.3, -0.25) is 4.79 Å².